The minimum absolute atomic E-state index is 0.305. The third-order valence-corrected chi connectivity index (χ3v) is 17.4. The molecule has 85 heavy (non-hydrogen) atoms. The van der Waals surface area contributed by atoms with Crippen LogP contribution in [-0.2, 0) is 29.1 Å². The van der Waals surface area contributed by atoms with Gasteiger partial charge in [-0.15, -0.1) is 0 Å². The zero-order valence-electron chi connectivity index (χ0n) is 42.3. The number of amides is 4. The maximum absolute atomic E-state index is 14.9. The number of ether oxygens (including phenoxy) is 1. The average molecular weight is 1640 g/mol. The Labute approximate surface area is 506 Å². The van der Waals surface area contributed by atoms with E-state index in [2.05, 4.69) is 0 Å². The zero-order valence-corrected chi connectivity index (χ0v) is 49.6. The van der Waals surface area contributed by atoms with Crippen LogP contribution in [0.3, 0.4) is 0 Å². The van der Waals surface area contributed by atoms with Gasteiger partial charge < -0.3 is 75.6 Å². The predicted octanol–water partition coefficient (Wildman–Crippen LogP) is -0.609. The van der Waals surface area contributed by atoms with E-state index in [0.29, 0.717) is 19.6 Å². The van der Waals surface area contributed by atoms with Gasteiger partial charge in [0, 0.05) is 56.9 Å². The van der Waals surface area contributed by atoms with E-state index in [9.17, 15) is 153 Å². The van der Waals surface area contributed by atoms with Gasteiger partial charge in [-0.1, -0.05) is 0 Å². The van der Waals surface area contributed by atoms with Gasteiger partial charge in [0.15, 0.2) is 0 Å². The first-order valence-corrected chi connectivity index (χ1v) is 27.4. The molecule has 1 aromatic rings. The van der Waals surface area contributed by atoms with E-state index in [1.165, 1.54) is 67.8 Å². The topological polar surface area (TPSA) is 367 Å². The molecule has 0 saturated carbocycles. The summed E-state index contributed by atoms with van der Waals surface area (Å²) in [4.78, 5) is 69.7. The van der Waals surface area contributed by atoms with Crippen molar-refractivity contribution in [2.24, 2.45) is 0 Å². The van der Waals surface area contributed by atoms with Gasteiger partial charge >= 0.3 is 52.9 Å². The highest BCUT2D eigenvalue weighted by Gasteiger charge is 2.96. The molecule has 0 aliphatic carbocycles. The summed E-state index contributed by atoms with van der Waals surface area (Å²) in [5, 5.41) is 102. The van der Waals surface area contributed by atoms with Crippen molar-refractivity contribution in [2.75, 3.05) is 91.2 Å². The monoisotopic (exact) mass is 1640 g/mol. The molecule has 1 aliphatic rings. The summed E-state index contributed by atoms with van der Waals surface area (Å²) in [6, 6.07) is 0. The van der Waals surface area contributed by atoms with Crippen LogP contribution in [0.4, 0.5) is 80.3 Å². The second kappa shape index (κ2) is 28.5. The standard InChI is InChI=1S/C40H47F17I3N5O19S/c1-61(7-14(68)27(76)29(78)16(70)10-66)31(80)21-23(58)22(32(81)62(2)8-15(69)28(77)30(79)17(71)11-67)25(60)26(24(21)59)65(9-20(74)75)19(73)13-84-12-18(72)63-3-5-64(6-4-63)85(82,83)40(56,57)38(51,52)36(47,48)34(43,44)33(41,42)35(45,46)37(49,50)39(53,54)55/h14-17,27-30,66-71,76-79H,3-13H2,1-2H3,(H,74,75). The maximum atomic E-state index is 14.9. The molecule has 1 fully saturated rings. The number of sulfonamides is 1. The summed E-state index contributed by atoms with van der Waals surface area (Å²) in [6.07, 6.45) is -25.3. The van der Waals surface area contributed by atoms with E-state index < -0.39 is 236 Å². The first-order valence-electron chi connectivity index (χ1n) is 22.7. The summed E-state index contributed by atoms with van der Waals surface area (Å²) < 4.78 is 264. The lowest BCUT2D eigenvalue weighted by atomic mass is 9.91. The molecule has 2 rings (SSSR count). The Kier molecular flexibility index (Phi) is 26.2. The van der Waals surface area contributed by atoms with Gasteiger partial charge in [-0.05, 0) is 67.8 Å². The normalized spacial score (nSPS) is 17.8. The Morgan fingerprint density at radius 2 is 0.882 bits per heavy atom. The third kappa shape index (κ3) is 15.1. The van der Waals surface area contributed by atoms with Crippen molar-refractivity contribution >= 4 is 113 Å². The van der Waals surface area contributed by atoms with Gasteiger partial charge in [0.25, 0.3) is 27.7 Å². The minimum Gasteiger partial charge on any atom is -0.480 e. The van der Waals surface area contributed by atoms with Gasteiger partial charge in [-0.2, -0.15) is 78.9 Å². The molecule has 4 amide bonds. The van der Waals surface area contributed by atoms with Crippen molar-refractivity contribution in [1.82, 2.24) is 19.0 Å². The van der Waals surface area contributed by atoms with Gasteiger partial charge in [0.2, 0.25) is 5.91 Å². The number of benzene rings is 1. The number of aliphatic carboxylic acids is 1. The molecular weight excluding hydrogens is 1590 g/mol. The quantitative estimate of drug-likeness (QED) is 0.0352. The molecule has 1 aliphatic heterocycles. The number of alkyl halides is 17. The highest BCUT2D eigenvalue weighted by molar-refractivity contribution is 14.1. The highest BCUT2D eigenvalue weighted by atomic mass is 127. The van der Waals surface area contributed by atoms with E-state index >= 15 is 0 Å². The number of hydrogen-bond acceptors (Lipinski definition) is 18. The fourth-order valence-electron chi connectivity index (χ4n) is 7.19. The molecule has 0 radical (unpaired) electrons. The predicted molar refractivity (Wildman–Crippen MR) is 269 cm³/mol. The van der Waals surface area contributed by atoms with Gasteiger partial charge in [-0.25, -0.2) is 8.42 Å². The number of aliphatic hydroxyl groups excluding tert-OH is 10. The number of carboxylic acids is 1. The number of likely N-dealkylation sites (N-methyl/N-ethyl adjacent to an activating group) is 2. The molecular formula is C40H47F17I3N5O19S. The lowest BCUT2D eigenvalue weighted by Crippen LogP contribution is -2.75. The number of carboxylic acid groups (broad SMARTS) is 1. The van der Waals surface area contributed by atoms with Crippen molar-refractivity contribution in [2.45, 2.75) is 95.8 Å². The summed E-state index contributed by atoms with van der Waals surface area (Å²) in [5.74, 6) is -60.4. The van der Waals surface area contributed by atoms with Crippen LogP contribution >= 0.6 is 67.8 Å². The van der Waals surface area contributed by atoms with Crippen molar-refractivity contribution in [3.8, 4) is 0 Å². The SMILES string of the molecule is CN(CC(O)C(O)C(O)C(O)CO)C(=O)c1c(I)c(C(=O)N(C)CC(O)C(O)C(O)C(O)CO)c(I)c(N(CC(=O)O)C(=O)COCC(=O)N2CCN(S(=O)(=O)C(F)(F)C(F)(F)C(F)(F)C(F)(F)C(F)(F)C(F)(F)C(F)(F)C(F)(F)F)CC2)c1I. The average Bonchev–Trinajstić information content (AvgIpc) is 0.822. The zero-order chi connectivity index (χ0) is 66.8. The smallest absolute Gasteiger partial charge is 0.460 e. The fraction of sp³-hybridized carbons (Fsp3) is 0.725. The van der Waals surface area contributed by atoms with Crippen LogP contribution in [0, 0.1) is 10.7 Å². The first-order chi connectivity index (χ1) is 38.2. The number of aliphatic hydroxyl groups is 10. The van der Waals surface area contributed by atoms with E-state index in [1.807, 2.05) is 0 Å². The number of carbonyl (C=O) groups excluding carboxylic acids is 4. The van der Waals surface area contributed by atoms with E-state index in [4.69, 9.17) is 14.9 Å². The van der Waals surface area contributed by atoms with Crippen molar-refractivity contribution in [3.05, 3.63) is 21.8 Å². The van der Waals surface area contributed by atoms with Crippen molar-refractivity contribution in [3.63, 3.8) is 0 Å². The lowest BCUT2D eigenvalue weighted by Gasteiger charge is -2.43. The fourth-order valence-corrected chi connectivity index (χ4v) is 13.3. The van der Waals surface area contributed by atoms with Crippen LogP contribution in [-0.4, -0.2) is 295 Å². The Morgan fingerprint density at radius 1 is 0.541 bits per heavy atom. The van der Waals surface area contributed by atoms with Crippen LogP contribution in [0.25, 0.3) is 0 Å². The molecule has 0 bridgehead atoms. The van der Waals surface area contributed by atoms with Crippen LogP contribution in [0.2, 0.25) is 0 Å². The lowest BCUT2D eigenvalue weighted by molar-refractivity contribution is -0.458. The van der Waals surface area contributed by atoms with Crippen molar-refractivity contribution < 1.29 is 168 Å². The number of halogens is 20. The number of rotatable bonds is 29. The molecule has 8 unspecified atom stereocenters. The summed E-state index contributed by atoms with van der Waals surface area (Å²) in [6.45, 7) is -14.7. The van der Waals surface area contributed by atoms with E-state index in [0.717, 1.165) is 14.1 Å². The summed E-state index contributed by atoms with van der Waals surface area (Å²) >= 11 is 4.16. The number of hydrogen-bond donors (Lipinski definition) is 11. The molecule has 0 aromatic heterocycles. The third-order valence-electron chi connectivity index (χ3n) is 12.3. The number of nitrogens with zero attached hydrogens (tertiary/aromatic N) is 5. The molecule has 0 spiro atoms. The molecule has 1 saturated heterocycles. The van der Waals surface area contributed by atoms with Crippen LogP contribution in [0.5, 0.6) is 0 Å². The van der Waals surface area contributed by atoms with Gasteiger partial charge in [0.05, 0.1) is 37.2 Å². The molecule has 11 N–H and O–H groups in total. The Hall–Kier alpha value is -2.96. The maximum Gasteiger partial charge on any atom is 0.460 e. The number of carbonyl (C=O) groups is 5. The number of anilines is 1. The molecule has 1 aromatic carbocycles. The van der Waals surface area contributed by atoms with E-state index in [-0.39, 0.29) is 3.57 Å². The van der Waals surface area contributed by atoms with Gasteiger partial charge in [-0.3, -0.25) is 28.9 Å². The number of piperazine rings is 1. The second-order valence-electron chi connectivity index (χ2n) is 18.1. The Balaban J connectivity index is 2.57. The Bertz CT molecular complexity index is 2630. The molecule has 492 valence electrons. The van der Waals surface area contributed by atoms with Crippen LogP contribution in [0.1, 0.15) is 20.7 Å². The van der Waals surface area contributed by atoms with Crippen molar-refractivity contribution in [1.29, 1.82) is 0 Å². The molecule has 8 atom stereocenters. The Morgan fingerprint density at radius 3 is 1.22 bits per heavy atom. The molecule has 1 heterocycles. The van der Waals surface area contributed by atoms with Crippen LogP contribution in [0.15, 0.2) is 0 Å². The largest absolute Gasteiger partial charge is 0.480 e. The molecule has 24 nitrogen and oxygen atoms in total. The second-order valence-corrected chi connectivity index (χ2v) is 23.3. The van der Waals surface area contributed by atoms with Gasteiger partial charge in [0.1, 0.15) is 68.6 Å². The van der Waals surface area contributed by atoms with Crippen LogP contribution < -0.4 is 4.90 Å². The summed E-state index contributed by atoms with van der Waals surface area (Å²) in [5.41, 5.74) is -1.94. The highest BCUT2D eigenvalue weighted by Crippen LogP contribution is 2.64. The van der Waals surface area contributed by atoms with E-state index in [1.54, 1.807) is 0 Å². The molecule has 45 heteroatoms. The summed E-state index contributed by atoms with van der Waals surface area (Å²) in [7, 11) is -5.82. The minimum atomic E-state index is -9.08. The first kappa shape index (κ1) is 78.1.